The minimum absolute atomic E-state index is 0.0148. The van der Waals surface area contributed by atoms with E-state index in [0.717, 1.165) is 27.6 Å². The number of nitrogens with zero attached hydrogens (tertiary/aromatic N) is 2. The summed E-state index contributed by atoms with van der Waals surface area (Å²) < 4.78 is 42.2. The molecule has 0 aliphatic heterocycles. The number of hydrogen-bond donors (Lipinski definition) is 1. The number of anilines is 1. The van der Waals surface area contributed by atoms with Gasteiger partial charge in [0.15, 0.2) is 0 Å². The maximum Gasteiger partial charge on any atom is 0.264 e. The molecule has 1 N–H and O–H groups in total. The number of sulfonamides is 1. The number of aryl methyl sites for hydroxylation is 1. The van der Waals surface area contributed by atoms with Crippen molar-refractivity contribution < 1.29 is 22.4 Å². The summed E-state index contributed by atoms with van der Waals surface area (Å²) in [6, 6.07) is 17.0. The van der Waals surface area contributed by atoms with Gasteiger partial charge in [0.1, 0.15) is 18.4 Å². The van der Waals surface area contributed by atoms with Crippen molar-refractivity contribution in [1.82, 2.24) is 10.2 Å². The Kier molecular flexibility index (Phi) is 10.1. The first-order valence-electron chi connectivity index (χ1n) is 12.6. The lowest BCUT2D eigenvalue weighted by molar-refractivity contribution is -0.140. The second-order valence-corrected chi connectivity index (χ2v) is 11.8. The highest BCUT2D eigenvalue weighted by Crippen LogP contribution is 2.25. The Labute approximate surface area is 234 Å². The fourth-order valence-electron chi connectivity index (χ4n) is 4.06. The molecule has 2 amide bonds. The van der Waals surface area contributed by atoms with E-state index in [9.17, 15) is 22.4 Å². The normalized spacial score (nSPS) is 12.2. The third-order valence-corrected chi connectivity index (χ3v) is 8.13. The second-order valence-electron chi connectivity index (χ2n) is 9.54. The summed E-state index contributed by atoms with van der Waals surface area (Å²) in [4.78, 5) is 28.4. The highest BCUT2D eigenvalue weighted by Gasteiger charge is 2.33. The van der Waals surface area contributed by atoms with Crippen molar-refractivity contribution in [1.29, 1.82) is 0 Å². The molecule has 0 heterocycles. The van der Waals surface area contributed by atoms with E-state index in [-0.39, 0.29) is 29.1 Å². The molecule has 0 aliphatic rings. The number of benzene rings is 3. The van der Waals surface area contributed by atoms with Crippen LogP contribution < -0.4 is 9.62 Å². The monoisotopic (exact) mass is 573 g/mol. The van der Waals surface area contributed by atoms with E-state index in [1.165, 1.54) is 29.2 Å². The lowest BCUT2D eigenvalue weighted by Crippen LogP contribution is -2.53. The van der Waals surface area contributed by atoms with Crippen LogP contribution in [0.5, 0.6) is 0 Å². The number of nitrogens with one attached hydrogen (secondary N) is 1. The van der Waals surface area contributed by atoms with Crippen molar-refractivity contribution in [3.05, 3.63) is 94.8 Å². The lowest BCUT2D eigenvalue weighted by Gasteiger charge is -2.33. The Hall–Kier alpha value is -3.43. The first-order valence-corrected chi connectivity index (χ1v) is 14.4. The van der Waals surface area contributed by atoms with Crippen LogP contribution in [0, 0.1) is 12.7 Å². The van der Waals surface area contributed by atoms with Gasteiger partial charge in [0.25, 0.3) is 10.0 Å². The maximum atomic E-state index is 13.9. The van der Waals surface area contributed by atoms with Crippen molar-refractivity contribution in [2.24, 2.45) is 0 Å². The molecule has 0 aliphatic carbocycles. The van der Waals surface area contributed by atoms with E-state index in [1.54, 1.807) is 43.3 Å². The minimum Gasteiger partial charge on any atom is -0.352 e. The summed E-state index contributed by atoms with van der Waals surface area (Å²) in [6.45, 7) is 6.72. The third kappa shape index (κ3) is 7.80. The van der Waals surface area contributed by atoms with Crippen LogP contribution in [0.25, 0.3) is 0 Å². The van der Waals surface area contributed by atoms with Crippen molar-refractivity contribution in [2.45, 2.75) is 57.6 Å². The topological polar surface area (TPSA) is 86.8 Å². The molecule has 1 atom stereocenters. The molecular formula is C29H33ClFN3O4S. The van der Waals surface area contributed by atoms with Crippen LogP contribution in [0.15, 0.2) is 77.7 Å². The van der Waals surface area contributed by atoms with E-state index in [4.69, 9.17) is 11.6 Å². The molecule has 0 spiro atoms. The van der Waals surface area contributed by atoms with Crippen LogP contribution in [0.2, 0.25) is 5.02 Å². The van der Waals surface area contributed by atoms with Crippen molar-refractivity contribution in [3.8, 4) is 0 Å². The molecule has 10 heteroatoms. The van der Waals surface area contributed by atoms with Crippen LogP contribution in [0.4, 0.5) is 10.1 Å². The first-order chi connectivity index (χ1) is 18.4. The van der Waals surface area contributed by atoms with Crippen molar-refractivity contribution >= 4 is 39.1 Å². The average Bonchev–Trinajstić information content (AvgIpc) is 2.88. The quantitative estimate of drug-likeness (QED) is 0.337. The minimum atomic E-state index is -4.22. The van der Waals surface area contributed by atoms with Crippen LogP contribution >= 0.6 is 11.6 Å². The molecular weight excluding hydrogens is 541 g/mol. The number of halogens is 2. The van der Waals surface area contributed by atoms with Gasteiger partial charge in [0, 0.05) is 17.6 Å². The molecule has 7 nitrogen and oxygen atoms in total. The molecule has 0 saturated heterocycles. The van der Waals surface area contributed by atoms with E-state index in [1.807, 2.05) is 20.8 Å². The smallest absolute Gasteiger partial charge is 0.264 e. The fourth-order valence-corrected chi connectivity index (χ4v) is 5.60. The largest absolute Gasteiger partial charge is 0.352 e. The standard InChI is InChI=1S/C29H33ClFN3O4S/c1-5-27(29(36)32-20(2)3)33(18-22-8-10-23(30)11-9-22)28(35)19-34(25-14-12-24(31)13-15-25)39(37,38)26-16-6-21(4)7-17-26/h6-17,20,27H,5,18-19H2,1-4H3,(H,32,36)/t27-/m0/s1. The van der Waals surface area contributed by atoms with Gasteiger partial charge in [0.05, 0.1) is 10.6 Å². The molecule has 0 radical (unpaired) electrons. The van der Waals surface area contributed by atoms with Crippen molar-refractivity contribution in [3.63, 3.8) is 0 Å². The number of carbonyl (C=O) groups excluding carboxylic acids is 2. The summed E-state index contributed by atoms with van der Waals surface area (Å²) in [6.07, 6.45) is 0.305. The molecule has 0 aromatic heterocycles. The molecule has 0 fully saturated rings. The molecule has 3 aromatic rings. The van der Waals surface area contributed by atoms with Crippen LogP contribution in [-0.4, -0.2) is 43.8 Å². The Morgan fingerprint density at radius 2 is 1.54 bits per heavy atom. The highest BCUT2D eigenvalue weighted by atomic mass is 35.5. The van der Waals surface area contributed by atoms with Gasteiger partial charge in [-0.15, -0.1) is 0 Å². The van der Waals surface area contributed by atoms with Gasteiger partial charge >= 0.3 is 0 Å². The number of carbonyl (C=O) groups is 2. The third-order valence-electron chi connectivity index (χ3n) is 6.09. The highest BCUT2D eigenvalue weighted by molar-refractivity contribution is 7.92. The van der Waals surface area contributed by atoms with Gasteiger partial charge in [-0.05, 0) is 81.3 Å². The summed E-state index contributed by atoms with van der Waals surface area (Å²) in [5, 5.41) is 3.37. The predicted molar refractivity (Wildman–Crippen MR) is 151 cm³/mol. The molecule has 208 valence electrons. The predicted octanol–water partition coefficient (Wildman–Crippen LogP) is 5.31. The summed E-state index contributed by atoms with van der Waals surface area (Å²) in [5.41, 5.74) is 1.71. The van der Waals surface area contributed by atoms with Crippen LogP contribution in [-0.2, 0) is 26.2 Å². The average molecular weight is 574 g/mol. The van der Waals surface area contributed by atoms with Gasteiger partial charge < -0.3 is 10.2 Å². The lowest BCUT2D eigenvalue weighted by atomic mass is 10.1. The van der Waals surface area contributed by atoms with Crippen molar-refractivity contribution in [2.75, 3.05) is 10.8 Å². The maximum absolute atomic E-state index is 13.9. The van der Waals surface area contributed by atoms with E-state index < -0.39 is 34.3 Å². The zero-order valence-electron chi connectivity index (χ0n) is 22.4. The number of hydrogen-bond acceptors (Lipinski definition) is 4. The Morgan fingerprint density at radius 3 is 2.08 bits per heavy atom. The van der Waals surface area contributed by atoms with E-state index in [0.29, 0.717) is 11.4 Å². The zero-order chi connectivity index (χ0) is 28.7. The number of rotatable bonds is 11. The van der Waals surface area contributed by atoms with Gasteiger partial charge in [-0.2, -0.15) is 0 Å². The van der Waals surface area contributed by atoms with Crippen LogP contribution in [0.1, 0.15) is 38.3 Å². The Balaban J connectivity index is 2.05. The Bertz CT molecular complexity index is 1380. The summed E-state index contributed by atoms with van der Waals surface area (Å²) in [7, 11) is -4.22. The van der Waals surface area contributed by atoms with Crippen LogP contribution in [0.3, 0.4) is 0 Å². The molecule has 0 saturated carbocycles. The molecule has 3 aromatic carbocycles. The molecule has 3 rings (SSSR count). The van der Waals surface area contributed by atoms with E-state index in [2.05, 4.69) is 5.32 Å². The van der Waals surface area contributed by atoms with E-state index >= 15 is 0 Å². The number of amides is 2. The van der Waals surface area contributed by atoms with Gasteiger partial charge in [0.2, 0.25) is 11.8 Å². The SMILES string of the molecule is CC[C@@H](C(=O)NC(C)C)N(Cc1ccc(Cl)cc1)C(=O)CN(c1ccc(F)cc1)S(=O)(=O)c1ccc(C)cc1. The summed E-state index contributed by atoms with van der Waals surface area (Å²) >= 11 is 6.03. The fraction of sp³-hybridized carbons (Fsp3) is 0.310. The second kappa shape index (κ2) is 13.1. The van der Waals surface area contributed by atoms with Gasteiger partial charge in [-0.3, -0.25) is 13.9 Å². The molecule has 39 heavy (non-hydrogen) atoms. The Morgan fingerprint density at radius 1 is 0.949 bits per heavy atom. The van der Waals surface area contributed by atoms with Gasteiger partial charge in [-0.1, -0.05) is 48.4 Å². The zero-order valence-corrected chi connectivity index (χ0v) is 24.0. The molecule has 0 bridgehead atoms. The molecule has 0 unspecified atom stereocenters. The van der Waals surface area contributed by atoms with Gasteiger partial charge in [-0.25, -0.2) is 12.8 Å². The summed E-state index contributed by atoms with van der Waals surface area (Å²) in [5.74, 6) is -1.47. The first kappa shape index (κ1) is 30.1.